The molecule has 4 aromatic heterocycles. The second-order valence-corrected chi connectivity index (χ2v) is 17.2. The predicted octanol–water partition coefficient (Wildman–Crippen LogP) is 4.45. The molecule has 2 saturated heterocycles. The van der Waals surface area contributed by atoms with E-state index in [0.29, 0.717) is 34.6 Å². The number of benzene rings is 1. The van der Waals surface area contributed by atoms with Crippen LogP contribution in [0.3, 0.4) is 0 Å². The molecule has 21 heteroatoms. The summed E-state index contributed by atoms with van der Waals surface area (Å²) in [5.41, 5.74) is 1.27. The molecule has 0 radical (unpaired) electrons. The summed E-state index contributed by atoms with van der Waals surface area (Å²) in [6, 6.07) is 8.75. The lowest BCUT2D eigenvalue weighted by molar-refractivity contribution is -0.0602. The molecule has 2 fully saturated rings. The third kappa shape index (κ3) is 8.46. The van der Waals surface area contributed by atoms with Gasteiger partial charge in [-0.05, 0) is 36.8 Å². The average Bonchev–Trinajstić information content (AvgIpc) is 4.00. The molecule has 0 aliphatic carbocycles. The second kappa shape index (κ2) is 17.7. The van der Waals surface area contributed by atoms with Crippen molar-refractivity contribution in [3.63, 3.8) is 0 Å². The number of nitrogens with one attached hydrogen (secondary N) is 2. The van der Waals surface area contributed by atoms with Crippen LogP contribution < -0.4 is 10.9 Å². The Morgan fingerprint density at radius 2 is 1.76 bits per heavy atom. The first-order chi connectivity index (χ1) is 28.5. The summed E-state index contributed by atoms with van der Waals surface area (Å²) >= 11 is 5.97. The van der Waals surface area contributed by atoms with E-state index in [1.165, 1.54) is 19.8 Å². The van der Waals surface area contributed by atoms with Crippen molar-refractivity contribution in [1.29, 1.82) is 0 Å². The first kappa shape index (κ1) is 40.2. The van der Waals surface area contributed by atoms with Crippen LogP contribution >= 0.6 is 6.72 Å². The van der Waals surface area contributed by atoms with Crippen LogP contribution in [0.5, 0.6) is 0 Å². The number of imidazole rings is 2. The number of anilines is 1. The van der Waals surface area contributed by atoms with Gasteiger partial charge in [0.2, 0.25) is 6.54 Å². The van der Waals surface area contributed by atoms with E-state index in [2.05, 4.69) is 40.1 Å². The van der Waals surface area contributed by atoms with Crippen molar-refractivity contribution in [1.82, 2.24) is 39.0 Å². The van der Waals surface area contributed by atoms with Crippen molar-refractivity contribution in [3.05, 3.63) is 82.5 Å². The topological polar surface area (TPSA) is 205 Å². The molecule has 0 bridgehead atoms. The molecule has 2 aliphatic heterocycles. The molecule has 0 spiro atoms. The summed E-state index contributed by atoms with van der Waals surface area (Å²) in [6.07, 6.45) is -0.545. The molecule has 0 saturated carbocycles. The Balaban J connectivity index is 1.10. The van der Waals surface area contributed by atoms with Crippen LogP contribution in [0.1, 0.15) is 57.7 Å². The summed E-state index contributed by atoms with van der Waals surface area (Å²) in [4.78, 5) is 54.3. The fourth-order valence-corrected chi connectivity index (χ4v) is 9.15. The number of aromatic nitrogens is 8. The fourth-order valence-electron chi connectivity index (χ4n) is 7.06. The number of nitrogens with zero attached hydrogens (tertiary/aromatic N) is 8. The number of ether oxygens (including phenoxy) is 4. The van der Waals surface area contributed by atoms with Crippen LogP contribution in [-0.2, 0) is 50.7 Å². The lowest BCUT2D eigenvalue weighted by atomic mass is 10.0. The van der Waals surface area contributed by atoms with E-state index in [9.17, 15) is 9.59 Å². The number of H-pyrrole nitrogens is 1. The minimum Gasteiger partial charge on any atom is -0.376 e. The van der Waals surface area contributed by atoms with Crippen molar-refractivity contribution in [2.45, 2.75) is 77.1 Å². The van der Waals surface area contributed by atoms with Gasteiger partial charge < -0.3 is 43.1 Å². The summed E-state index contributed by atoms with van der Waals surface area (Å²) in [7, 11) is 3.05. The normalized spacial score (nSPS) is 25.9. The number of rotatable bonds is 16. The van der Waals surface area contributed by atoms with Crippen molar-refractivity contribution in [3.8, 4) is 0 Å². The number of hydrogen-bond donors (Lipinski definition) is 2. The highest BCUT2D eigenvalue weighted by Crippen LogP contribution is 2.55. The number of aromatic amines is 1. The SMILES string of the molecule is [2H]C[C@H]1O[C@@H](n2cnc3c(=O)[nH]c(CC(C)C)nc32)[C@@H](OC)C1OP(=S)(OCC[N+]#[C-])OC[C@H]1O[C@@H](n2cnc3c(NC(=O)c4ccccc4)ncnc32)[C@@H](OC)C1C. The highest BCUT2D eigenvalue weighted by molar-refractivity contribution is 8.07. The van der Waals surface area contributed by atoms with Gasteiger partial charge in [0.1, 0.15) is 37.1 Å². The van der Waals surface area contributed by atoms with E-state index in [4.69, 9.17) is 52.3 Å². The van der Waals surface area contributed by atoms with E-state index in [0.717, 1.165) is 0 Å². The zero-order chi connectivity index (χ0) is 41.8. The van der Waals surface area contributed by atoms with E-state index in [1.807, 2.05) is 26.8 Å². The number of methoxy groups -OCH3 is 2. The van der Waals surface area contributed by atoms with E-state index < -0.39 is 49.7 Å². The monoisotopic (exact) mass is 837 g/mol. The lowest BCUT2D eigenvalue weighted by Crippen LogP contribution is -2.35. The molecular weight excluding hydrogens is 792 g/mol. The zero-order valence-corrected chi connectivity index (χ0v) is 34.2. The molecule has 3 unspecified atom stereocenters. The van der Waals surface area contributed by atoms with E-state index >= 15 is 0 Å². The van der Waals surface area contributed by atoms with Gasteiger partial charge in [0.15, 0.2) is 40.6 Å². The van der Waals surface area contributed by atoms with Crippen molar-refractivity contribution < 1.29 is 38.7 Å². The molecule has 5 aromatic rings. The second-order valence-electron chi connectivity index (χ2n) is 14.2. The molecule has 2 N–H and O–H groups in total. The third-order valence-corrected chi connectivity index (χ3v) is 12.2. The van der Waals surface area contributed by atoms with Gasteiger partial charge in [-0.1, -0.05) is 39.0 Å². The summed E-state index contributed by atoms with van der Waals surface area (Å²) in [6.45, 7) is 9.18. The predicted molar refractivity (Wildman–Crippen MR) is 213 cm³/mol. The van der Waals surface area contributed by atoms with Gasteiger partial charge in [-0.2, -0.15) is 0 Å². The first-order valence-electron chi connectivity index (χ1n) is 19.3. The Hall–Kier alpha value is -4.55. The van der Waals surface area contributed by atoms with Crippen molar-refractivity contribution >= 4 is 52.6 Å². The van der Waals surface area contributed by atoms with Crippen LogP contribution in [0.15, 0.2) is 54.1 Å². The maximum absolute atomic E-state index is 12.9. The number of carbonyl (C=O) groups excluding carboxylic acids is 1. The largest absolute Gasteiger partial charge is 0.376 e. The molecule has 1 aromatic carbocycles. The van der Waals surface area contributed by atoms with Gasteiger partial charge in [-0.15, -0.1) is 0 Å². The number of hydrogen-bond acceptors (Lipinski definition) is 15. The van der Waals surface area contributed by atoms with Crippen molar-refractivity contribution in [2.75, 3.05) is 39.3 Å². The number of fused-ring (bicyclic) bond motifs is 2. The highest BCUT2D eigenvalue weighted by atomic mass is 32.5. The van der Waals surface area contributed by atoms with Crippen LogP contribution in [-0.4, -0.2) is 109 Å². The van der Waals surface area contributed by atoms with Gasteiger partial charge >= 0.3 is 6.72 Å². The Labute approximate surface area is 340 Å². The van der Waals surface area contributed by atoms with Gasteiger partial charge in [0, 0.05) is 33.5 Å². The van der Waals surface area contributed by atoms with Crippen LogP contribution in [0.4, 0.5) is 5.82 Å². The lowest BCUT2D eigenvalue weighted by Gasteiger charge is -2.29. The molecule has 6 heterocycles. The highest BCUT2D eigenvalue weighted by Gasteiger charge is 2.49. The Kier molecular flexibility index (Phi) is 12.3. The molecule has 19 nitrogen and oxygen atoms in total. The van der Waals surface area contributed by atoms with Gasteiger partial charge in [0.05, 0.1) is 31.5 Å². The minimum atomic E-state index is -3.70. The first-order valence-corrected chi connectivity index (χ1v) is 21.1. The Morgan fingerprint density at radius 1 is 1.03 bits per heavy atom. The molecular formula is C37H45N10O9PS. The molecule has 9 atom stereocenters. The average molecular weight is 838 g/mol. The van der Waals surface area contributed by atoms with Crippen LogP contribution in [0.25, 0.3) is 27.2 Å². The number of amides is 1. The maximum Gasteiger partial charge on any atom is 0.327 e. The molecule has 1 amide bonds. The quantitative estimate of drug-likeness (QED) is 0.0800. The standard InChI is InChI=1S/C37H45N10O9PS/c1-20(2)15-25-43-33-27(35(49)44-25)42-19-47(33)37-30(51-7)29(22(4)54-37)56-57(58,52-14-13-38-5)53-16-24-21(3)28(50-6)36(55-24)46-18-41-26-31(39-17-40-32(26)46)45-34(48)23-11-9-8-10-12-23/h8-12,17-22,24,28-30,36-37H,13-16H2,1-4,6-7H3,(H,43,44,49)(H,39,40,45,48)/t21?,22-,24-,28+,29?,30+,36-,37-,57?/m1/s1/i4D. The fraction of sp³-hybridized carbons (Fsp3) is 0.514. The Morgan fingerprint density at radius 3 is 2.47 bits per heavy atom. The van der Waals surface area contributed by atoms with Crippen LogP contribution in [0.2, 0.25) is 0 Å². The molecule has 308 valence electrons. The maximum atomic E-state index is 12.9. The minimum absolute atomic E-state index is 0.00204. The smallest absolute Gasteiger partial charge is 0.327 e. The van der Waals surface area contributed by atoms with Gasteiger partial charge in [0.25, 0.3) is 11.5 Å². The van der Waals surface area contributed by atoms with Gasteiger partial charge in [-0.25, -0.2) is 31.5 Å². The zero-order valence-electron chi connectivity index (χ0n) is 33.5. The van der Waals surface area contributed by atoms with Crippen molar-refractivity contribution in [2.24, 2.45) is 11.8 Å². The van der Waals surface area contributed by atoms with E-state index in [1.54, 1.807) is 46.8 Å². The molecule has 2 aliphatic rings. The third-order valence-electron chi connectivity index (χ3n) is 9.89. The Bertz CT molecular complexity index is 2410. The summed E-state index contributed by atoms with van der Waals surface area (Å²) < 4.78 is 55.3. The number of carbonyl (C=O) groups is 1. The molecule has 58 heavy (non-hydrogen) atoms. The van der Waals surface area contributed by atoms with Crippen LogP contribution in [0, 0.1) is 18.4 Å². The summed E-state index contributed by atoms with van der Waals surface area (Å²) in [5.74, 6) is 0.362. The molecule has 7 rings (SSSR count). The van der Waals surface area contributed by atoms with Gasteiger partial charge in [-0.3, -0.25) is 23.2 Å². The van der Waals surface area contributed by atoms with E-state index in [-0.39, 0.29) is 61.3 Å². The summed E-state index contributed by atoms with van der Waals surface area (Å²) in [5, 5.41) is 2.82.